The molecule has 2 aromatic carbocycles. The SMILES string of the molecule is O=C(O)/C=C/C(=O)O.[2H]C([2H])(O)C([2H])([2H])OCCN1CCN(C2=Nc3ccccc3Sc3ccccc32)CC1. The zero-order chi connectivity index (χ0) is 28.6. The van der Waals surface area contributed by atoms with E-state index in [1.807, 2.05) is 30.3 Å². The van der Waals surface area contributed by atoms with E-state index in [1.165, 1.54) is 4.90 Å². The van der Waals surface area contributed by atoms with Gasteiger partial charge in [-0.05, 0) is 18.2 Å². The number of fused-ring (bicyclic) bond motifs is 2. The van der Waals surface area contributed by atoms with Crippen molar-refractivity contribution in [1.29, 1.82) is 0 Å². The first-order valence-corrected chi connectivity index (χ1v) is 11.6. The Morgan fingerprint density at radius 1 is 1.00 bits per heavy atom. The first kappa shape index (κ1) is 21.1. The van der Waals surface area contributed by atoms with Crippen LogP contribution in [-0.2, 0) is 14.3 Å². The van der Waals surface area contributed by atoms with Gasteiger partial charge in [-0.25, -0.2) is 14.6 Å². The van der Waals surface area contributed by atoms with Crippen LogP contribution in [0.3, 0.4) is 0 Å². The Balaban J connectivity index is 0.000000459. The fourth-order valence-electron chi connectivity index (χ4n) is 3.49. The second kappa shape index (κ2) is 13.6. The van der Waals surface area contributed by atoms with Gasteiger partial charge in [0.05, 0.1) is 30.9 Å². The predicted octanol–water partition coefficient (Wildman–Crippen LogP) is 2.57. The van der Waals surface area contributed by atoms with Crippen LogP contribution in [0.25, 0.3) is 0 Å². The maximum Gasteiger partial charge on any atom is 0.328 e. The van der Waals surface area contributed by atoms with Crippen LogP contribution in [0.5, 0.6) is 0 Å². The number of aliphatic imine (C=N–C) groups is 1. The van der Waals surface area contributed by atoms with E-state index in [9.17, 15) is 14.7 Å². The summed E-state index contributed by atoms with van der Waals surface area (Å²) in [5.74, 6) is -1.55. The van der Waals surface area contributed by atoms with Gasteiger partial charge >= 0.3 is 11.9 Å². The third kappa shape index (κ3) is 8.22. The molecule has 0 aromatic heterocycles. The van der Waals surface area contributed by atoms with Crippen molar-refractivity contribution >= 4 is 35.2 Å². The average molecular weight is 504 g/mol. The number of carboxylic acid groups (broad SMARTS) is 2. The van der Waals surface area contributed by atoms with E-state index in [4.69, 9.17) is 25.4 Å². The molecule has 1 fully saturated rings. The van der Waals surface area contributed by atoms with Gasteiger partial charge in [0.25, 0.3) is 0 Å². The Labute approximate surface area is 214 Å². The molecule has 186 valence electrons. The van der Waals surface area contributed by atoms with Crippen LogP contribution < -0.4 is 0 Å². The first-order valence-electron chi connectivity index (χ1n) is 12.8. The Kier molecular flexibility index (Phi) is 8.24. The molecule has 0 amide bonds. The number of nitrogens with zero attached hydrogens (tertiary/aromatic N) is 3. The van der Waals surface area contributed by atoms with Crippen LogP contribution in [0.2, 0.25) is 0 Å². The second-order valence-electron chi connectivity index (χ2n) is 7.40. The molecule has 2 aliphatic rings. The number of carboxylic acids is 2. The Hall–Kier alpha value is -3.18. The van der Waals surface area contributed by atoms with Crippen molar-refractivity contribution in [2.45, 2.75) is 9.79 Å². The van der Waals surface area contributed by atoms with Gasteiger partial charge < -0.3 is 25.0 Å². The summed E-state index contributed by atoms with van der Waals surface area (Å²) in [6.45, 7) is -2.25. The summed E-state index contributed by atoms with van der Waals surface area (Å²) in [7, 11) is 0. The number of ether oxygens (including phenoxy) is 1. The molecule has 0 radical (unpaired) electrons. The highest BCUT2D eigenvalue weighted by atomic mass is 32.2. The lowest BCUT2D eigenvalue weighted by Gasteiger charge is -2.36. The zero-order valence-corrected chi connectivity index (χ0v) is 19.6. The lowest BCUT2D eigenvalue weighted by Crippen LogP contribution is -2.49. The molecule has 2 aromatic rings. The fraction of sp³-hybridized carbons (Fsp3) is 0.320. The molecule has 10 heteroatoms. The Morgan fingerprint density at radius 3 is 2.29 bits per heavy atom. The van der Waals surface area contributed by atoms with E-state index < -0.39 is 25.1 Å². The standard InChI is InChI=1S/C21H25N3O2S.C4H4O4/c25-14-16-26-15-13-23-9-11-24(12-10-23)21-17-5-1-3-7-19(17)27-20-8-4-2-6-18(20)22-21;5-3(6)1-2-4(7)8/h1-8,25H,9-16H2;1-2H,(H,5,6)(H,7,8)/b;2-1+/i14D2,16D2;. The minimum absolute atomic E-state index is 0.000858. The first-order chi connectivity index (χ1) is 18.4. The van der Waals surface area contributed by atoms with Crippen molar-refractivity contribution in [2.75, 3.05) is 52.4 Å². The minimum atomic E-state index is -3.04. The summed E-state index contributed by atoms with van der Waals surface area (Å²) in [4.78, 5) is 30.9. The molecule has 0 aliphatic carbocycles. The van der Waals surface area contributed by atoms with Crippen LogP contribution in [0, 0.1) is 0 Å². The third-order valence-electron chi connectivity index (χ3n) is 5.11. The maximum atomic E-state index is 9.55. The maximum absolute atomic E-state index is 9.55. The largest absolute Gasteiger partial charge is 0.478 e. The second-order valence-corrected chi connectivity index (χ2v) is 8.49. The lowest BCUT2D eigenvalue weighted by atomic mass is 10.1. The highest BCUT2D eigenvalue weighted by molar-refractivity contribution is 7.99. The summed E-state index contributed by atoms with van der Waals surface area (Å²) in [6.07, 6.45) is 1.12. The molecule has 3 N–H and O–H groups in total. The van der Waals surface area contributed by atoms with E-state index in [0.717, 1.165) is 48.2 Å². The number of carbonyl (C=O) groups is 2. The molecular weight excluding hydrogens is 470 g/mol. The lowest BCUT2D eigenvalue weighted by molar-refractivity contribution is -0.134. The Bertz CT molecular complexity index is 1210. The van der Waals surface area contributed by atoms with Gasteiger partial charge in [-0.15, -0.1) is 0 Å². The third-order valence-corrected chi connectivity index (χ3v) is 6.25. The van der Waals surface area contributed by atoms with Crippen molar-refractivity contribution in [3.63, 3.8) is 0 Å². The van der Waals surface area contributed by atoms with Crippen LogP contribution in [0.1, 0.15) is 11.0 Å². The topological polar surface area (TPSA) is 123 Å². The highest BCUT2D eigenvalue weighted by Gasteiger charge is 2.24. The molecule has 0 spiro atoms. The summed E-state index contributed by atoms with van der Waals surface area (Å²) in [5.41, 5.74) is 2.09. The van der Waals surface area contributed by atoms with Gasteiger partial charge in [0.15, 0.2) is 0 Å². The number of aliphatic carboxylic acids is 2. The van der Waals surface area contributed by atoms with Crippen LogP contribution in [0.15, 0.2) is 75.5 Å². The van der Waals surface area contributed by atoms with Gasteiger partial charge in [-0.2, -0.15) is 0 Å². The summed E-state index contributed by atoms with van der Waals surface area (Å²) >= 11 is 1.73. The number of benzene rings is 2. The molecule has 0 bridgehead atoms. The predicted molar refractivity (Wildman–Crippen MR) is 134 cm³/mol. The van der Waals surface area contributed by atoms with Gasteiger partial charge in [-0.3, -0.25) is 4.90 Å². The van der Waals surface area contributed by atoms with Gasteiger partial charge in [0.1, 0.15) is 5.84 Å². The zero-order valence-electron chi connectivity index (χ0n) is 22.8. The smallest absolute Gasteiger partial charge is 0.328 e. The molecule has 0 atom stereocenters. The van der Waals surface area contributed by atoms with Gasteiger partial charge in [0.2, 0.25) is 0 Å². The van der Waals surface area contributed by atoms with Crippen molar-refractivity contribution in [2.24, 2.45) is 4.99 Å². The molecule has 0 saturated carbocycles. The molecular formula is C25H29N3O6S. The average Bonchev–Trinajstić information content (AvgIpc) is 3.04. The van der Waals surface area contributed by atoms with E-state index >= 15 is 0 Å². The van der Waals surface area contributed by atoms with Gasteiger partial charge in [0, 0.05) is 60.2 Å². The quantitative estimate of drug-likeness (QED) is 0.489. The van der Waals surface area contributed by atoms with Crippen LogP contribution in [0.4, 0.5) is 5.69 Å². The van der Waals surface area contributed by atoms with Crippen molar-refractivity contribution < 1.29 is 35.1 Å². The summed E-state index contributed by atoms with van der Waals surface area (Å²) < 4.78 is 34.2. The number of piperazine rings is 1. The number of hydrogen-bond donors (Lipinski definition) is 3. The molecule has 9 nitrogen and oxygen atoms in total. The number of aliphatic hydroxyl groups is 1. The van der Waals surface area contributed by atoms with Crippen molar-refractivity contribution in [3.05, 3.63) is 66.2 Å². The molecule has 2 heterocycles. The van der Waals surface area contributed by atoms with E-state index in [2.05, 4.69) is 28.0 Å². The molecule has 35 heavy (non-hydrogen) atoms. The number of para-hydroxylation sites is 1. The minimum Gasteiger partial charge on any atom is -0.478 e. The summed E-state index contributed by atoms with van der Waals surface area (Å²) in [5, 5.41) is 24.9. The molecule has 2 aliphatic heterocycles. The van der Waals surface area contributed by atoms with Crippen LogP contribution in [-0.4, -0.2) is 95.3 Å². The summed E-state index contributed by atoms with van der Waals surface area (Å²) in [6, 6.07) is 16.5. The monoisotopic (exact) mass is 503 g/mol. The number of amidine groups is 1. The molecule has 0 unspecified atom stereocenters. The fourth-order valence-corrected chi connectivity index (χ4v) is 4.51. The van der Waals surface area contributed by atoms with Crippen LogP contribution >= 0.6 is 11.8 Å². The van der Waals surface area contributed by atoms with E-state index in [1.54, 1.807) is 11.8 Å². The number of rotatable bonds is 7. The Morgan fingerprint density at radius 2 is 1.63 bits per heavy atom. The number of hydrogen-bond acceptors (Lipinski definition) is 8. The van der Waals surface area contributed by atoms with Crippen molar-refractivity contribution in [3.8, 4) is 0 Å². The normalized spacial score (nSPS) is 17.9. The van der Waals surface area contributed by atoms with E-state index in [-0.39, 0.29) is 6.61 Å². The molecule has 1 saturated heterocycles. The highest BCUT2D eigenvalue weighted by Crippen LogP contribution is 2.40. The van der Waals surface area contributed by atoms with Gasteiger partial charge in [-0.1, -0.05) is 42.1 Å². The van der Waals surface area contributed by atoms with E-state index in [0.29, 0.717) is 18.7 Å². The van der Waals surface area contributed by atoms with Crippen molar-refractivity contribution in [1.82, 2.24) is 9.80 Å². The molecule has 4 rings (SSSR count).